The van der Waals surface area contributed by atoms with E-state index >= 15 is 0 Å². The minimum Gasteiger partial charge on any atom is -0.475 e. The number of carboxylic acids is 1. The molecule has 2 heterocycles. The molecule has 2 rings (SSSR count). The van der Waals surface area contributed by atoms with Gasteiger partial charge in [0.15, 0.2) is 0 Å². The van der Waals surface area contributed by atoms with E-state index in [-0.39, 0.29) is 5.76 Å². The third-order valence-corrected chi connectivity index (χ3v) is 4.09. The minimum absolute atomic E-state index is 0.0372. The fraction of sp³-hybridized carbons (Fsp3) is 0.357. The van der Waals surface area contributed by atoms with Gasteiger partial charge < -0.3 is 9.52 Å². The van der Waals surface area contributed by atoms with Crippen molar-refractivity contribution in [1.82, 2.24) is 4.90 Å². The molecule has 0 radical (unpaired) electrons. The van der Waals surface area contributed by atoms with Crippen LogP contribution in [0.15, 0.2) is 34.3 Å². The van der Waals surface area contributed by atoms with Gasteiger partial charge in [0.2, 0.25) is 5.76 Å². The highest BCUT2D eigenvalue weighted by atomic mass is 32.1. The number of thiophene rings is 1. The van der Waals surface area contributed by atoms with Crippen LogP contribution >= 0.6 is 11.3 Å². The molecule has 0 saturated heterocycles. The Labute approximate surface area is 116 Å². The number of hydrogen-bond donors (Lipinski definition) is 1. The molecular weight excluding hydrogens is 262 g/mol. The van der Waals surface area contributed by atoms with E-state index in [1.165, 1.54) is 11.1 Å². The lowest BCUT2D eigenvalue weighted by Crippen LogP contribution is -2.30. The van der Waals surface area contributed by atoms with Crippen LogP contribution in [0.25, 0.3) is 0 Å². The van der Waals surface area contributed by atoms with Gasteiger partial charge in [-0.3, -0.25) is 4.90 Å². The van der Waals surface area contributed by atoms with Crippen LogP contribution < -0.4 is 0 Å². The van der Waals surface area contributed by atoms with Crippen molar-refractivity contribution in [3.63, 3.8) is 0 Å². The first-order valence-corrected chi connectivity index (χ1v) is 6.98. The van der Waals surface area contributed by atoms with Gasteiger partial charge >= 0.3 is 5.97 Å². The van der Waals surface area contributed by atoms with Crippen molar-refractivity contribution < 1.29 is 14.3 Å². The van der Waals surface area contributed by atoms with Gasteiger partial charge in [0, 0.05) is 23.0 Å². The molecule has 102 valence electrons. The summed E-state index contributed by atoms with van der Waals surface area (Å²) in [7, 11) is 2.00. The molecule has 0 aromatic carbocycles. The summed E-state index contributed by atoms with van der Waals surface area (Å²) < 4.78 is 4.99. The highest BCUT2D eigenvalue weighted by Gasteiger charge is 2.18. The van der Waals surface area contributed by atoms with Crippen molar-refractivity contribution >= 4 is 17.3 Å². The number of carbonyl (C=O) groups is 1. The van der Waals surface area contributed by atoms with Gasteiger partial charge in [0.1, 0.15) is 0 Å². The summed E-state index contributed by atoms with van der Waals surface area (Å²) in [4.78, 5) is 14.5. The van der Waals surface area contributed by atoms with E-state index < -0.39 is 5.97 Å². The van der Waals surface area contributed by atoms with Gasteiger partial charge in [-0.1, -0.05) is 6.07 Å². The third-order valence-electron chi connectivity index (χ3n) is 3.19. The molecule has 5 heteroatoms. The summed E-state index contributed by atoms with van der Waals surface area (Å²) in [5, 5.41) is 11.1. The quantitative estimate of drug-likeness (QED) is 0.882. The Bertz CT molecular complexity index is 533. The summed E-state index contributed by atoms with van der Waals surface area (Å²) in [6.45, 7) is 2.71. The Hall–Kier alpha value is -1.59. The second-order valence-corrected chi connectivity index (χ2v) is 5.66. The molecular formula is C14H17NO3S. The monoisotopic (exact) mass is 279 g/mol. The second kappa shape index (κ2) is 6.04. The van der Waals surface area contributed by atoms with Gasteiger partial charge in [-0.05, 0) is 37.9 Å². The van der Waals surface area contributed by atoms with Crippen molar-refractivity contribution in [2.75, 3.05) is 7.05 Å². The Kier molecular flexibility index (Phi) is 4.39. The first-order chi connectivity index (χ1) is 9.08. The maximum atomic E-state index is 11.0. The zero-order valence-corrected chi connectivity index (χ0v) is 11.8. The minimum atomic E-state index is -1.01. The molecule has 0 spiro atoms. The molecule has 0 bridgehead atoms. The lowest BCUT2D eigenvalue weighted by Gasteiger charge is -2.23. The van der Waals surface area contributed by atoms with E-state index in [1.807, 2.05) is 13.1 Å². The molecule has 0 fully saturated rings. The lowest BCUT2D eigenvalue weighted by atomic mass is 10.1. The van der Waals surface area contributed by atoms with Crippen LogP contribution in [-0.4, -0.2) is 29.1 Å². The average molecular weight is 279 g/mol. The molecule has 0 amide bonds. The van der Waals surface area contributed by atoms with E-state index in [0.29, 0.717) is 18.2 Å². The van der Waals surface area contributed by atoms with Crippen molar-refractivity contribution in [2.24, 2.45) is 0 Å². The second-order valence-electron chi connectivity index (χ2n) is 4.63. The van der Waals surface area contributed by atoms with Crippen LogP contribution in [-0.2, 0) is 13.0 Å². The van der Waals surface area contributed by atoms with E-state index in [2.05, 4.69) is 23.3 Å². The standard InChI is InChI=1S/C14H17NO3S/c1-10(8-12-4-3-7-19-12)15(2)9-11-5-6-18-13(11)14(16)17/h3-7,10H,8-9H2,1-2H3,(H,16,17). The molecule has 2 aromatic rings. The van der Waals surface area contributed by atoms with Gasteiger partial charge in [-0.25, -0.2) is 4.79 Å². The molecule has 0 aliphatic heterocycles. The largest absolute Gasteiger partial charge is 0.475 e. The van der Waals surface area contributed by atoms with Crippen molar-refractivity contribution in [3.05, 3.63) is 46.0 Å². The molecule has 2 aromatic heterocycles. The number of hydrogen-bond acceptors (Lipinski definition) is 4. The normalized spacial score (nSPS) is 12.8. The van der Waals surface area contributed by atoms with Gasteiger partial charge in [-0.15, -0.1) is 11.3 Å². The molecule has 0 aliphatic carbocycles. The number of nitrogens with zero attached hydrogens (tertiary/aromatic N) is 1. The number of aromatic carboxylic acids is 1. The van der Waals surface area contributed by atoms with Crippen LogP contribution in [0.5, 0.6) is 0 Å². The first kappa shape index (κ1) is 13.8. The SMILES string of the molecule is CC(Cc1cccs1)N(C)Cc1ccoc1C(=O)O. The predicted octanol–water partition coefficient (Wildman–Crippen LogP) is 3.10. The van der Waals surface area contributed by atoms with E-state index in [4.69, 9.17) is 9.52 Å². The maximum Gasteiger partial charge on any atom is 0.372 e. The summed E-state index contributed by atoms with van der Waals surface area (Å²) in [6.07, 6.45) is 2.39. The predicted molar refractivity (Wildman–Crippen MR) is 74.6 cm³/mol. The van der Waals surface area contributed by atoms with Gasteiger partial charge in [0.05, 0.1) is 6.26 Å². The van der Waals surface area contributed by atoms with E-state index in [1.54, 1.807) is 17.4 Å². The highest BCUT2D eigenvalue weighted by molar-refractivity contribution is 7.09. The Balaban J connectivity index is 1.98. The summed E-state index contributed by atoms with van der Waals surface area (Å²) >= 11 is 1.75. The smallest absolute Gasteiger partial charge is 0.372 e. The molecule has 0 aliphatic rings. The Morgan fingerprint density at radius 2 is 2.32 bits per heavy atom. The van der Waals surface area contributed by atoms with Crippen LogP contribution in [0.1, 0.15) is 27.9 Å². The van der Waals surface area contributed by atoms with Crippen LogP contribution in [0.3, 0.4) is 0 Å². The van der Waals surface area contributed by atoms with Crippen LogP contribution in [0.4, 0.5) is 0 Å². The highest BCUT2D eigenvalue weighted by Crippen LogP contribution is 2.17. The summed E-state index contributed by atoms with van der Waals surface area (Å²) in [6, 6.07) is 6.23. The molecule has 1 unspecified atom stereocenters. The zero-order chi connectivity index (χ0) is 13.8. The molecule has 0 saturated carbocycles. The number of likely N-dealkylation sites (N-methyl/N-ethyl adjacent to an activating group) is 1. The number of furan rings is 1. The Morgan fingerprint density at radius 3 is 2.95 bits per heavy atom. The van der Waals surface area contributed by atoms with Crippen LogP contribution in [0, 0.1) is 0 Å². The lowest BCUT2D eigenvalue weighted by molar-refractivity contribution is 0.0659. The van der Waals surface area contributed by atoms with Gasteiger partial charge in [0.25, 0.3) is 0 Å². The van der Waals surface area contributed by atoms with Crippen molar-refractivity contribution in [3.8, 4) is 0 Å². The zero-order valence-electron chi connectivity index (χ0n) is 11.0. The topological polar surface area (TPSA) is 53.7 Å². The fourth-order valence-corrected chi connectivity index (χ4v) is 2.77. The van der Waals surface area contributed by atoms with Crippen molar-refractivity contribution in [1.29, 1.82) is 0 Å². The Morgan fingerprint density at radius 1 is 1.53 bits per heavy atom. The van der Waals surface area contributed by atoms with E-state index in [9.17, 15) is 4.79 Å². The third kappa shape index (κ3) is 3.45. The van der Waals surface area contributed by atoms with Gasteiger partial charge in [-0.2, -0.15) is 0 Å². The summed E-state index contributed by atoms with van der Waals surface area (Å²) in [5.74, 6) is -0.977. The summed E-state index contributed by atoms with van der Waals surface area (Å²) in [5.41, 5.74) is 0.716. The number of carboxylic acid groups (broad SMARTS) is 1. The van der Waals surface area contributed by atoms with Crippen LogP contribution in [0.2, 0.25) is 0 Å². The fourth-order valence-electron chi connectivity index (χ4n) is 1.95. The maximum absolute atomic E-state index is 11.0. The molecule has 19 heavy (non-hydrogen) atoms. The molecule has 1 N–H and O–H groups in total. The molecule has 1 atom stereocenters. The first-order valence-electron chi connectivity index (χ1n) is 6.10. The van der Waals surface area contributed by atoms with Crippen molar-refractivity contribution in [2.45, 2.75) is 25.9 Å². The molecule has 4 nitrogen and oxygen atoms in total. The average Bonchev–Trinajstić information content (AvgIpc) is 2.99. The van der Waals surface area contributed by atoms with E-state index in [0.717, 1.165) is 6.42 Å². The number of rotatable bonds is 6.